The summed E-state index contributed by atoms with van der Waals surface area (Å²) < 4.78 is 0. The second-order valence-electron chi connectivity index (χ2n) is 8.17. The van der Waals surface area contributed by atoms with Crippen LogP contribution in [0.3, 0.4) is 0 Å². The van der Waals surface area contributed by atoms with Gasteiger partial charge in [-0.25, -0.2) is 0 Å². The van der Waals surface area contributed by atoms with E-state index in [1.165, 1.54) is 6.92 Å². The van der Waals surface area contributed by atoms with Crippen LogP contribution in [0.15, 0.2) is 72.8 Å². The van der Waals surface area contributed by atoms with Gasteiger partial charge in [-0.15, -0.1) is 0 Å². The number of hydrogen-bond donors (Lipinski definition) is 3. The molecule has 0 radical (unpaired) electrons. The first kappa shape index (κ1) is 23.7. The Morgan fingerprint density at radius 2 is 1.48 bits per heavy atom. The van der Waals surface area contributed by atoms with Gasteiger partial charge in [-0.1, -0.05) is 59.7 Å². The topological polar surface area (TPSA) is 87.3 Å². The molecule has 0 aliphatic rings. The zero-order valence-corrected chi connectivity index (χ0v) is 19.1. The second-order valence-corrected chi connectivity index (χ2v) is 8.17. The molecule has 0 spiro atoms. The highest BCUT2D eigenvalue weighted by atomic mass is 16.2. The lowest BCUT2D eigenvalue weighted by atomic mass is 10.0. The van der Waals surface area contributed by atoms with E-state index in [0.29, 0.717) is 17.8 Å². The summed E-state index contributed by atoms with van der Waals surface area (Å²) in [6.07, 6.45) is 0.131. The van der Waals surface area contributed by atoms with Crippen LogP contribution in [0.5, 0.6) is 0 Å². The molecule has 0 saturated carbocycles. The van der Waals surface area contributed by atoms with Crippen LogP contribution in [0.4, 0.5) is 5.69 Å². The Balaban J connectivity index is 1.58. The number of aryl methyl sites for hydroxylation is 2. The maximum Gasteiger partial charge on any atom is 0.255 e. The average molecular weight is 444 g/mol. The van der Waals surface area contributed by atoms with E-state index in [0.717, 1.165) is 22.3 Å². The predicted octanol–water partition coefficient (Wildman–Crippen LogP) is 4.44. The molecule has 0 heterocycles. The summed E-state index contributed by atoms with van der Waals surface area (Å²) >= 11 is 0. The summed E-state index contributed by atoms with van der Waals surface area (Å²) in [6.45, 7) is 5.71. The van der Waals surface area contributed by atoms with E-state index in [2.05, 4.69) is 16.0 Å². The Labute approximate surface area is 194 Å². The lowest BCUT2D eigenvalue weighted by Gasteiger charge is -2.18. The lowest BCUT2D eigenvalue weighted by molar-refractivity contribution is -0.122. The number of carbonyl (C=O) groups is 3. The van der Waals surface area contributed by atoms with E-state index in [4.69, 9.17) is 0 Å². The fraction of sp³-hybridized carbons (Fsp3) is 0.222. The highest BCUT2D eigenvalue weighted by Gasteiger charge is 2.17. The molecular formula is C27H29N3O3. The maximum absolute atomic E-state index is 12.6. The number of rotatable bonds is 8. The van der Waals surface area contributed by atoms with Crippen LogP contribution in [-0.2, 0) is 16.1 Å². The van der Waals surface area contributed by atoms with Gasteiger partial charge in [-0.2, -0.15) is 0 Å². The van der Waals surface area contributed by atoms with Crippen molar-refractivity contribution in [3.05, 3.63) is 101 Å². The van der Waals surface area contributed by atoms with E-state index in [9.17, 15) is 14.4 Å². The Bertz CT molecular complexity index is 1120. The highest BCUT2D eigenvalue weighted by Crippen LogP contribution is 2.18. The Hall–Kier alpha value is -3.93. The minimum absolute atomic E-state index is 0.131. The summed E-state index contributed by atoms with van der Waals surface area (Å²) in [7, 11) is 0. The third kappa shape index (κ3) is 7.31. The van der Waals surface area contributed by atoms with Gasteiger partial charge in [0.1, 0.15) is 0 Å². The molecule has 1 atom stereocenters. The van der Waals surface area contributed by atoms with Crippen LogP contribution in [0, 0.1) is 13.8 Å². The van der Waals surface area contributed by atoms with Crippen LogP contribution < -0.4 is 16.0 Å². The molecule has 3 rings (SSSR count). The first-order valence-corrected chi connectivity index (χ1v) is 10.9. The molecule has 33 heavy (non-hydrogen) atoms. The minimum atomic E-state index is -0.400. The maximum atomic E-state index is 12.6. The van der Waals surface area contributed by atoms with Crippen molar-refractivity contribution in [2.75, 3.05) is 5.32 Å². The van der Waals surface area contributed by atoms with E-state index in [-0.39, 0.29) is 24.1 Å². The van der Waals surface area contributed by atoms with Crippen molar-refractivity contribution >= 4 is 23.4 Å². The molecule has 0 fully saturated rings. The first-order chi connectivity index (χ1) is 15.8. The number of nitrogens with one attached hydrogen (secondary N) is 3. The number of hydrogen-bond acceptors (Lipinski definition) is 3. The van der Waals surface area contributed by atoms with Crippen LogP contribution in [0.25, 0.3) is 0 Å². The third-order valence-corrected chi connectivity index (χ3v) is 5.24. The van der Waals surface area contributed by atoms with Crippen molar-refractivity contribution in [3.8, 4) is 0 Å². The van der Waals surface area contributed by atoms with Crippen LogP contribution in [0.1, 0.15) is 52.0 Å². The molecule has 1 unspecified atom stereocenters. The molecule has 0 bridgehead atoms. The van der Waals surface area contributed by atoms with E-state index >= 15 is 0 Å². The molecule has 6 heteroatoms. The summed E-state index contributed by atoms with van der Waals surface area (Å²) in [5, 5.41) is 8.63. The molecule has 0 aliphatic carbocycles. The van der Waals surface area contributed by atoms with Crippen molar-refractivity contribution in [2.45, 2.75) is 39.8 Å². The average Bonchev–Trinajstić information content (AvgIpc) is 2.78. The number of carbonyl (C=O) groups excluding carboxylic acids is 3. The quantitative estimate of drug-likeness (QED) is 0.481. The zero-order valence-electron chi connectivity index (χ0n) is 19.1. The summed E-state index contributed by atoms with van der Waals surface area (Å²) in [5.41, 5.74) is 5.18. The van der Waals surface area contributed by atoms with Crippen LogP contribution in [0.2, 0.25) is 0 Å². The fourth-order valence-electron chi connectivity index (χ4n) is 3.42. The van der Waals surface area contributed by atoms with E-state index in [1.54, 1.807) is 12.1 Å². The molecule has 3 N–H and O–H groups in total. The largest absolute Gasteiger partial charge is 0.352 e. The lowest BCUT2D eigenvalue weighted by Crippen LogP contribution is -2.32. The molecule has 6 nitrogen and oxygen atoms in total. The highest BCUT2D eigenvalue weighted by molar-refractivity contribution is 6.04. The minimum Gasteiger partial charge on any atom is -0.352 e. The van der Waals surface area contributed by atoms with Gasteiger partial charge in [0.25, 0.3) is 5.91 Å². The monoisotopic (exact) mass is 443 g/mol. The van der Waals surface area contributed by atoms with Crippen molar-refractivity contribution in [2.24, 2.45) is 0 Å². The molecule has 3 aromatic carbocycles. The van der Waals surface area contributed by atoms with Gasteiger partial charge < -0.3 is 16.0 Å². The Morgan fingerprint density at radius 3 is 2.12 bits per heavy atom. The van der Waals surface area contributed by atoms with Crippen molar-refractivity contribution in [3.63, 3.8) is 0 Å². The van der Waals surface area contributed by atoms with Crippen molar-refractivity contribution in [1.82, 2.24) is 10.6 Å². The number of benzene rings is 3. The molecular weight excluding hydrogens is 414 g/mol. The molecule has 3 aromatic rings. The van der Waals surface area contributed by atoms with Gasteiger partial charge in [0.05, 0.1) is 12.5 Å². The van der Waals surface area contributed by atoms with Gasteiger partial charge in [-0.3, -0.25) is 14.4 Å². The summed E-state index contributed by atoms with van der Waals surface area (Å²) in [4.78, 5) is 36.7. The number of anilines is 1. The molecule has 0 aromatic heterocycles. The van der Waals surface area contributed by atoms with Crippen molar-refractivity contribution < 1.29 is 14.4 Å². The van der Waals surface area contributed by atoms with Gasteiger partial charge in [0.15, 0.2) is 0 Å². The fourth-order valence-corrected chi connectivity index (χ4v) is 3.42. The third-order valence-electron chi connectivity index (χ3n) is 5.24. The standard InChI is InChI=1S/C27H29N3O3/c1-18-7-11-22(12-8-18)25(29-20(3)31)16-26(32)28-17-21-5-4-6-24(15-21)30-27(33)23-13-9-19(2)10-14-23/h4-15,25H,16-17H2,1-3H3,(H,28,32)(H,29,31)(H,30,33). The van der Waals surface area contributed by atoms with Gasteiger partial charge >= 0.3 is 0 Å². The van der Waals surface area contributed by atoms with Gasteiger partial charge in [0.2, 0.25) is 11.8 Å². The SMILES string of the molecule is CC(=O)NC(CC(=O)NCc1cccc(NC(=O)c2ccc(C)cc2)c1)c1ccc(C)cc1. The van der Waals surface area contributed by atoms with E-state index < -0.39 is 6.04 Å². The van der Waals surface area contributed by atoms with Crippen molar-refractivity contribution in [1.29, 1.82) is 0 Å². The van der Waals surface area contributed by atoms with Gasteiger partial charge in [-0.05, 0) is 49.2 Å². The Morgan fingerprint density at radius 1 is 0.848 bits per heavy atom. The molecule has 3 amide bonds. The normalized spacial score (nSPS) is 11.4. The molecule has 0 saturated heterocycles. The molecule has 170 valence electrons. The number of amides is 3. The van der Waals surface area contributed by atoms with Gasteiger partial charge in [0, 0.05) is 24.7 Å². The summed E-state index contributed by atoms with van der Waals surface area (Å²) in [6, 6.07) is 22.1. The first-order valence-electron chi connectivity index (χ1n) is 10.9. The molecule has 0 aliphatic heterocycles. The zero-order chi connectivity index (χ0) is 23.8. The predicted molar refractivity (Wildman–Crippen MR) is 130 cm³/mol. The smallest absolute Gasteiger partial charge is 0.255 e. The van der Waals surface area contributed by atoms with Crippen LogP contribution in [-0.4, -0.2) is 17.7 Å². The van der Waals surface area contributed by atoms with Crippen LogP contribution >= 0.6 is 0 Å². The summed E-state index contributed by atoms with van der Waals surface area (Å²) in [5.74, 6) is -0.554. The Kier molecular flexibility index (Phi) is 7.97. The second kappa shape index (κ2) is 11.1. The van der Waals surface area contributed by atoms with E-state index in [1.807, 2.05) is 74.5 Å².